The van der Waals surface area contributed by atoms with E-state index in [9.17, 15) is 4.79 Å². The lowest BCUT2D eigenvalue weighted by molar-refractivity contribution is -0.116. The molecule has 0 N–H and O–H groups in total. The highest BCUT2D eigenvalue weighted by Crippen LogP contribution is 2.33. The van der Waals surface area contributed by atoms with Crippen LogP contribution in [0.3, 0.4) is 0 Å². The first-order chi connectivity index (χ1) is 6.68. The van der Waals surface area contributed by atoms with Gasteiger partial charge in [-0.05, 0) is 38.7 Å². The van der Waals surface area contributed by atoms with E-state index in [0.29, 0.717) is 6.42 Å². The predicted octanol–water partition coefficient (Wildman–Crippen LogP) is 3.35. The Balaban J connectivity index is 2.87. The molecule has 1 aliphatic rings. The maximum atomic E-state index is 11.5. The van der Waals surface area contributed by atoms with Crippen molar-refractivity contribution in [2.45, 2.75) is 47.5 Å². The van der Waals surface area contributed by atoms with Crippen molar-refractivity contribution in [3.8, 4) is 11.8 Å². The van der Waals surface area contributed by atoms with Gasteiger partial charge in [0.25, 0.3) is 0 Å². The fraction of sp³-hybridized carbons (Fsp3) is 0.643. The van der Waals surface area contributed by atoms with Crippen molar-refractivity contribution in [3.05, 3.63) is 11.6 Å². The summed E-state index contributed by atoms with van der Waals surface area (Å²) in [5.74, 6) is 6.53. The van der Waals surface area contributed by atoms with Gasteiger partial charge in [0.15, 0.2) is 5.78 Å². The van der Waals surface area contributed by atoms with E-state index in [1.807, 2.05) is 0 Å². The number of ketones is 1. The minimum atomic E-state index is 0.00543. The van der Waals surface area contributed by atoms with Crippen LogP contribution in [-0.2, 0) is 4.79 Å². The highest BCUT2D eigenvalue weighted by molar-refractivity contribution is 5.92. The molecule has 0 saturated heterocycles. The zero-order valence-electron chi connectivity index (χ0n) is 10.4. The molecule has 0 aromatic rings. The van der Waals surface area contributed by atoms with Crippen LogP contribution in [-0.4, -0.2) is 5.78 Å². The van der Waals surface area contributed by atoms with Gasteiger partial charge < -0.3 is 0 Å². The first-order valence-corrected chi connectivity index (χ1v) is 5.45. The van der Waals surface area contributed by atoms with E-state index in [0.717, 1.165) is 12.0 Å². The molecule has 0 atom stereocenters. The third kappa shape index (κ3) is 4.34. The highest BCUT2D eigenvalue weighted by atomic mass is 16.1. The summed E-state index contributed by atoms with van der Waals surface area (Å²) >= 11 is 0. The van der Waals surface area contributed by atoms with Crippen LogP contribution >= 0.6 is 0 Å². The molecular weight excluding hydrogens is 184 g/mol. The Labute approximate surface area is 92.9 Å². The van der Waals surface area contributed by atoms with Gasteiger partial charge in [0.05, 0.1) is 0 Å². The van der Waals surface area contributed by atoms with Crippen LogP contribution in [0.4, 0.5) is 0 Å². The average molecular weight is 204 g/mol. The Kier molecular flexibility index (Phi) is 3.09. The largest absolute Gasteiger partial charge is 0.295 e. The first kappa shape index (κ1) is 12.0. The Bertz CT molecular complexity index is 353. The number of rotatable bonds is 0. The van der Waals surface area contributed by atoms with E-state index in [-0.39, 0.29) is 16.6 Å². The molecule has 82 valence electrons. The van der Waals surface area contributed by atoms with Gasteiger partial charge in [0.1, 0.15) is 0 Å². The van der Waals surface area contributed by atoms with E-state index in [1.54, 1.807) is 6.08 Å². The van der Waals surface area contributed by atoms with Crippen molar-refractivity contribution in [1.29, 1.82) is 0 Å². The third-order valence-corrected chi connectivity index (χ3v) is 2.26. The minimum absolute atomic E-state index is 0.00543. The first-order valence-electron chi connectivity index (χ1n) is 5.45. The van der Waals surface area contributed by atoms with Crippen LogP contribution in [0.15, 0.2) is 11.6 Å². The van der Waals surface area contributed by atoms with Gasteiger partial charge in [-0.3, -0.25) is 4.79 Å². The maximum Gasteiger partial charge on any atom is 0.157 e. The van der Waals surface area contributed by atoms with Gasteiger partial charge in [-0.1, -0.05) is 25.7 Å². The van der Waals surface area contributed by atoms with Gasteiger partial charge >= 0.3 is 0 Å². The van der Waals surface area contributed by atoms with Crippen molar-refractivity contribution < 1.29 is 4.79 Å². The second-order valence-electron chi connectivity index (χ2n) is 6.15. The topological polar surface area (TPSA) is 17.1 Å². The van der Waals surface area contributed by atoms with Gasteiger partial charge in [-0.25, -0.2) is 0 Å². The van der Waals surface area contributed by atoms with Gasteiger partial charge in [0, 0.05) is 17.4 Å². The smallest absolute Gasteiger partial charge is 0.157 e. The fourth-order valence-corrected chi connectivity index (χ4v) is 1.69. The number of hydrogen-bond donors (Lipinski definition) is 0. The second kappa shape index (κ2) is 3.85. The van der Waals surface area contributed by atoms with Crippen molar-refractivity contribution in [3.63, 3.8) is 0 Å². The molecule has 0 saturated carbocycles. The van der Waals surface area contributed by atoms with E-state index in [4.69, 9.17) is 0 Å². The number of carbonyl (C=O) groups is 1. The Morgan fingerprint density at radius 2 is 1.87 bits per heavy atom. The standard InChI is InChI=1S/C14H20O/c1-13(2,3)7-6-11-8-12(15)10-14(4,5)9-11/h8H,9-10H2,1-5H3. The van der Waals surface area contributed by atoms with Crippen LogP contribution in [0.2, 0.25) is 0 Å². The molecule has 0 spiro atoms. The van der Waals surface area contributed by atoms with Crippen LogP contribution in [0.25, 0.3) is 0 Å². The van der Waals surface area contributed by atoms with Crippen molar-refractivity contribution in [1.82, 2.24) is 0 Å². The van der Waals surface area contributed by atoms with Crippen molar-refractivity contribution >= 4 is 5.78 Å². The summed E-state index contributed by atoms with van der Waals surface area (Å²) < 4.78 is 0. The Hall–Kier alpha value is -1.03. The highest BCUT2D eigenvalue weighted by Gasteiger charge is 2.26. The van der Waals surface area contributed by atoms with Crippen LogP contribution in [0, 0.1) is 22.7 Å². The van der Waals surface area contributed by atoms with Gasteiger partial charge in [0.2, 0.25) is 0 Å². The molecule has 0 bridgehead atoms. The summed E-state index contributed by atoms with van der Waals surface area (Å²) in [6.45, 7) is 10.5. The zero-order valence-corrected chi connectivity index (χ0v) is 10.4. The summed E-state index contributed by atoms with van der Waals surface area (Å²) in [6, 6.07) is 0. The number of carbonyl (C=O) groups excluding carboxylic acids is 1. The monoisotopic (exact) mass is 204 g/mol. The normalized spacial score (nSPS) is 20.3. The summed E-state index contributed by atoms with van der Waals surface area (Å²) in [4.78, 5) is 11.5. The van der Waals surface area contributed by atoms with Crippen molar-refractivity contribution in [2.24, 2.45) is 10.8 Å². The molecule has 15 heavy (non-hydrogen) atoms. The van der Waals surface area contributed by atoms with Crippen LogP contribution in [0.5, 0.6) is 0 Å². The van der Waals surface area contributed by atoms with Gasteiger partial charge in [-0.2, -0.15) is 0 Å². The van der Waals surface area contributed by atoms with E-state index >= 15 is 0 Å². The van der Waals surface area contributed by atoms with E-state index in [2.05, 4.69) is 46.5 Å². The van der Waals surface area contributed by atoms with Crippen LogP contribution in [0.1, 0.15) is 47.5 Å². The molecule has 0 aliphatic heterocycles. The molecule has 0 fully saturated rings. The summed E-state index contributed by atoms with van der Waals surface area (Å²) in [7, 11) is 0. The summed E-state index contributed by atoms with van der Waals surface area (Å²) in [5.41, 5.74) is 1.07. The molecule has 1 nitrogen and oxygen atoms in total. The zero-order chi connectivity index (χ0) is 11.7. The summed E-state index contributed by atoms with van der Waals surface area (Å²) in [5, 5.41) is 0. The van der Waals surface area contributed by atoms with Crippen LogP contribution < -0.4 is 0 Å². The van der Waals surface area contributed by atoms with E-state index < -0.39 is 0 Å². The van der Waals surface area contributed by atoms with Gasteiger partial charge in [-0.15, -0.1) is 0 Å². The minimum Gasteiger partial charge on any atom is -0.295 e. The maximum absolute atomic E-state index is 11.5. The molecule has 0 amide bonds. The third-order valence-electron chi connectivity index (χ3n) is 2.26. The average Bonchev–Trinajstić information content (AvgIpc) is 1.95. The quantitative estimate of drug-likeness (QED) is 0.553. The molecule has 0 aromatic heterocycles. The second-order valence-corrected chi connectivity index (χ2v) is 6.15. The number of hydrogen-bond acceptors (Lipinski definition) is 1. The molecular formula is C14H20O. The molecule has 1 rings (SSSR count). The Morgan fingerprint density at radius 1 is 1.27 bits per heavy atom. The van der Waals surface area contributed by atoms with Crippen molar-refractivity contribution in [2.75, 3.05) is 0 Å². The molecule has 0 unspecified atom stereocenters. The SMILES string of the molecule is CC(C)(C)C#CC1=CC(=O)CC(C)(C)C1. The lowest BCUT2D eigenvalue weighted by atomic mass is 9.77. The summed E-state index contributed by atoms with van der Waals surface area (Å²) in [6.07, 6.45) is 3.28. The predicted molar refractivity (Wildman–Crippen MR) is 63.3 cm³/mol. The Morgan fingerprint density at radius 3 is 2.33 bits per heavy atom. The lowest BCUT2D eigenvalue weighted by Crippen LogP contribution is -2.21. The van der Waals surface area contributed by atoms with E-state index in [1.165, 1.54) is 0 Å². The molecule has 1 heteroatoms. The molecule has 1 aliphatic carbocycles. The molecule has 0 heterocycles. The molecule has 0 radical (unpaired) electrons. The number of allylic oxidation sites excluding steroid dienone is 2. The molecule has 0 aromatic carbocycles. The fourth-order valence-electron chi connectivity index (χ4n) is 1.69. The lowest BCUT2D eigenvalue weighted by Gasteiger charge is -2.26.